The summed E-state index contributed by atoms with van der Waals surface area (Å²) >= 11 is 0. The molecule has 0 spiro atoms. The van der Waals surface area contributed by atoms with Gasteiger partial charge in [-0.25, -0.2) is 0 Å². The van der Waals surface area contributed by atoms with Crippen molar-refractivity contribution in [2.75, 3.05) is 33.5 Å². The standard InChI is InChI=1S/C15H26N2O3/c1-13(2)16-11-14-5-6-15(12-17-14)20-10-9-19-8-4-7-18-3/h5-6,12-13,16H,4,7-11H2,1-3H3. The predicted molar refractivity (Wildman–Crippen MR) is 79.0 cm³/mol. The Morgan fingerprint density at radius 1 is 1.15 bits per heavy atom. The number of nitrogens with zero attached hydrogens (tertiary/aromatic N) is 1. The van der Waals surface area contributed by atoms with Gasteiger partial charge in [0.15, 0.2) is 0 Å². The first-order valence-electron chi connectivity index (χ1n) is 7.10. The van der Waals surface area contributed by atoms with Crippen LogP contribution in [0.25, 0.3) is 0 Å². The van der Waals surface area contributed by atoms with Gasteiger partial charge in [0.2, 0.25) is 0 Å². The molecule has 0 fully saturated rings. The van der Waals surface area contributed by atoms with Crippen molar-refractivity contribution in [2.24, 2.45) is 0 Å². The highest BCUT2D eigenvalue weighted by molar-refractivity contribution is 5.19. The molecule has 20 heavy (non-hydrogen) atoms. The third-order valence-electron chi connectivity index (χ3n) is 2.62. The molecule has 0 atom stereocenters. The molecule has 0 aromatic carbocycles. The monoisotopic (exact) mass is 282 g/mol. The molecule has 1 heterocycles. The van der Waals surface area contributed by atoms with Crippen molar-refractivity contribution in [3.8, 4) is 5.75 Å². The molecule has 0 saturated heterocycles. The van der Waals surface area contributed by atoms with Crippen LogP contribution in [0.15, 0.2) is 18.3 Å². The molecule has 0 aliphatic rings. The van der Waals surface area contributed by atoms with Crippen molar-refractivity contribution in [2.45, 2.75) is 32.9 Å². The molecular formula is C15H26N2O3. The second-order valence-corrected chi connectivity index (χ2v) is 4.83. The first-order chi connectivity index (χ1) is 9.72. The zero-order chi connectivity index (χ0) is 14.6. The second-order valence-electron chi connectivity index (χ2n) is 4.83. The first kappa shape index (κ1) is 16.9. The van der Waals surface area contributed by atoms with Crippen molar-refractivity contribution in [3.05, 3.63) is 24.0 Å². The van der Waals surface area contributed by atoms with E-state index in [0.29, 0.717) is 25.9 Å². The van der Waals surface area contributed by atoms with Gasteiger partial charge in [-0.05, 0) is 18.6 Å². The van der Waals surface area contributed by atoms with E-state index >= 15 is 0 Å². The topological polar surface area (TPSA) is 52.6 Å². The summed E-state index contributed by atoms with van der Waals surface area (Å²) < 4.78 is 15.9. The molecule has 0 aliphatic heterocycles. The lowest BCUT2D eigenvalue weighted by Gasteiger charge is -2.09. The fourth-order valence-electron chi connectivity index (χ4n) is 1.54. The number of methoxy groups -OCH3 is 1. The van der Waals surface area contributed by atoms with E-state index in [1.54, 1.807) is 13.3 Å². The van der Waals surface area contributed by atoms with Crippen LogP contribution in [-0.2, 0) is 16.0 Å². The van der Waals surface area contributed by atoms with E-state index in [1.165, 1.54) is 0 Å². The minimum Gasteiger partial charge on any atom is -0.490 e. The molecule has 5 heteroatoms. The van der Waals surface area contributed by atoms with Gasteiger partial charge in [-0.3, -0.25) is 4.98 Å². The Kier molecular flexibility index (Phi) is 8.95. The predicted octanol–water partition coefficient (Wildman–Crippen LogP) is 2.01. The molecule has 1 rings (SSSR count). The van der Waals surface area contributed by atoms with E-state index in [2.05, 4.69) is 24.1 Å². The Labute approximate surface area is 121 Å². The van der Waals surface area contributed by atoms with E-state index < -0.39 is 0 Å². The van der Waals surface area contributed by atoms with Crippen LogP contribution in [-0.4, -0.2) is 44.6 Å². The van der Waals surface area contributed by atoms with Crippen molar-refractivity contribution < 1.29 is 14.2 Å². The minimum atomic E-state index is 0.461. The van der Waals surface area contributed by atoms with Crippen LogP contribution in [0.4, 0.5) is 0 Å². The van der Waals surface area contributed by atoms with E-state index in [9.17, 15) is 0 Å². The van der Waals surface area contributed by atoms with Crippen molar-refractivity contribution >= 4 is 0 Å². The van der Waals surface area contributed by atoms with Crippen LogP contribution in [0.5, 0.6) is 5.75 Å². The van der Waals surface area contributed by atoms with Gasteiger partial charge < -0.3 is 19.5 Å². The average molecular weight is 282 g/mol. The van der Waals surface area contributed by atoms with Crippen LogP contribution >= 0.6 is 0 Å². The highest BCUT2D eigenvalue weighted by Gasteiger charge is 1.99. The summed E-state index contributed by atoms with van der Waals surface area (Å²) in [5, 5.41) is 3.32. The van der Waals surface area contributed by atoms with Crippen LogP contribution in [0, 0.1) is 0 Å². The molecule has 1 aromatic rings. The zero-order valence-corrected chi connectivity index (χ0v) is 12.7. The van der Waals surface area contributed by atoms with Crippen molar-refractivity contribution in [1.29, 1.82) is 0 Å². The van der Waals surface area contributed by atoms with Gasteiger partial charge in [-0.2, -0.15) is 0 Å². The zero-order valence-electron chi connectivity index (χ0n) is 12.7. The average Bonchev–Trinajstić information content (AvgIpc) is 2.45. The van der Waals surface area contributed by atoms with Crippen LogP contribution < -0.4 is 10.1 Å². The molecule has 114 valence electrons. The van der Waals surface area contributed by atoms with Gasteiger partial charge in [0.1, 0.15) is 12.4 Å². The fourth-order valence-corrected chi connectivity index (χ4v) is 1.54. The lowest BCUT2D eigenvalue weighted by Crippen LogP contribution is -2.22. The SMILES string of the molecule is COCCCOCCOc1ccc(CNC(C)C)nc1. The minimum absolute atomic E-state index is 0.461. The van der Waals surface area contributed by atoms with Gasteiger partial charge >= 0.3 is 0 Å². The first-order valence-corrected chi connectivity index (χ1v) is 7.10. The lowest BCUT2D eigenvalue weighted by atomic mass is 10.3. The lowest BCUT2D eigenvalue weighted by molar-refractivity contribution is 0.0805. The number of pyridine rings is 1. The summed E-state index contributed by atoms with van der Waals surface area (Å²) in [6.07, 6.45) is 2.66. The molecule has 0 bridgehead atoms. The third-order valence-corrected chi connectivity index (χ3v) is 2.62. The van der Waals surface area contributed by atoms with Crippen molar-refractivity contribution in [1.82, 2.24) is 10.3 Å². The maximum Gasteiger partial charge on any atom is 0.137 e. The Morgan fingerprint density at radius 2 is 2.00 bits per heavy atom. The highest BCUT2D eigenvalue weighted by atomic mass is 16.5. The number of hydrogen-bond donors (Lipinski definition) is 1. The Hall–Kier alpha value is -1.17. The molecule has 0 aliphatic carbocycles. The Bertz CT molecular complexity index is 341. The maximum atomic E-state index is 5.55. The number of rotatable bonds is 11. The molecule has 0 radical (unpaired) electrons. The molecule has 0 saturated carbocycles. The summed E-state index contributed by atoms with van der Waals surface area (Å²) in [6, 6.07) is 4.38. The molecule has 0 amide bonds. The van der Waals surface area contributed by atoms with Crippen LogP contribution in [0.3, 0.4) is 0 Å². The number of nitrogens with one attached hydrogen (secondary N) is 1. The second kappa shape index (κ2) is 10.6. The van der Waals surface area contributed by atoms with E-state index in [-0.39, 0.29) is 0 Å². The van der Waals surface area contributed by atoms with Crippen LogP contribution in [0.2, 0.25) is 0 Å². The normalized spacial score (nSPS) is 11.0. The Balaban J connectivity index is 2.12. The highest BCUT2D eigenvalue weighted by Crippen LogP contribution is 2.09. The smallest absolute Gasteiger partial charge is 0.137 e. The van der Waals surface area contributed by atoms with Gasteiger partial charge in [0, 0.05) is 32.9 Å². The molecular weight excluding hydrogens is 256 g/mol. The van der Waals surface area contributed by atoms with Gasteiger partial charge in [-0.1, -0.05) is 13.8 Å². The molecule has 1 aromatic heterocycles. The number of ether oxygens (including phenoxy) is 3. The molecule has 5 nitrogen and oxygen atoms in total. The Morgan fingerprint density at radius 3 is 2.65 bits per heavy atom. The summed E-state index contributed by atoms with van der Waals surface area (Å²) in [7, 11) is 1.69. The molecule has 1 N–H and O–H groups in total. The summed E-state index contributed by atoms with van der Waals surface area (Å²) in [5.41, 5.74) is 1.02. The largest absolute Gasteiger partial charge is 0.490 e. The third kappa shape index (κ3) is 8.09. The quantitative estimate of drug-likeness (QED) is 0.629. The van der Waals surface area contributed by atoms with Gasteiger partial charge in [-0.15, -0.1) is 0 Å². The summed E-state index contributed by atoms with van der Waals surface area (Å²) in [4.78, 5) is 4.35. The summed E-state index contributed by atoms with van der Waals surface area (Å²) in [6.45, 7) is 7.57. The van der Waals surface area contributed by atoms with E-state index in [0.717, 1.165) is 31.0 Å². The van der Waals surface area contributed by atoms with E-state index in [4.69, 9.17) is 14.2 Å². The number of aromatic nitrogens is 1. The van der Waals surface area contributed by atoms with E-state index in [1.807, 2.05) is 12.1 Å². The summed E-state index contributed by atoms with van der Waals surface area (Å²) in [5.74, 6) is 0.777. The van der Waals surface area contributed by atoms with Crippen LogP contribution in [0.1, 0.15) is 26.0 Å². The fraction of sp³-hybridized carbons (Fsp3) is 0.667. The van der Waals surface area contributed by atoms with Gasteiger partial charge in [0.05, 0.1) is 18.5 Å². The van der Waals surface area contributed by atoms with Gasteiger partial charge in [0.25, 0.3) is 0 Å². The van der Waals surface area contributed by atoms with Crippen molar-refractivity contribution in [3.63, 3.8) is 0 Å². The number of hydrogen-bond acceptors (Lipinski definition) is 5. The maximum absolute atomic E-state index is 5.55. The molecule has 0 unspecified atom stereocenters.